The van der Waals surface area contributed by atoms with E-state index < -0.39 is 0 Å². The van der Waals surface area contributed by atoms with Gasteiger partial charge in [-0.15, -0.1) is 0 Å². The summed E-state index contributed by atoms with van der Waals surface area (Å²) >= 11 is 0. The van der Waals surface area contributed by atoms with Crippen molar-refractivity contribution in [2.75, 3.05) is 0 Å². The van der Waals surface area contributed by atoms with Gasteiger partial charge in [0.05, 0.1) is 0 Å². The fourth-order valence-electron chi connectivity index (χ4n) is 7.87. The first-order valence-corrected chi connectivity index (χ1v) is 18.7. The highest BCUT2D eigenvalue weighted by Crippen LogP contribution is 2.45. The lowest BCUT2D eigenvalue weighted by Gasteiger charge is -2.09. The number of furan rings is 2. The number of aromatic nitrogens is 3. The molecule has 11 aromatic rings. The molecule has 0 saturated carbocycles. The van der Waals surface area contributed by atoms with Crippen LogP contribution < -0.4 is 0 Å². The van der Waals surface area contributed by atoms with Crippen molar-refractivity contribution in [1.82, 2.24) is 15.0 Å². The van der Waals surface area contributed by atoms with E-state index in [0.717, 1.165) is 93.9 Å². The van der Waals surface area contributed by atoms with Gasteiger partial charge in [0, 0.05) is 49.4 Å². The Morgan fingerprint density at radius 2 is 0.839 bits per heavy atom. The van der Waals surface area contributed by atoms with Gasteiger partial charge in [0.15, 0.2) is 17.5 Å². The van der Waals surface area contributed by atoms with Crippen LogP contribution in [0.15, 0.2) is 197 Å². The molecular weight excluding hydrogens is 687 g/mol. The maximum absolute atomic E-state index is 6.85. The monoisotopic (exact) mass is 717 g/mol. The Labute approximate surface area is 322 Å². The molecule has 0 spiro atoms. The van der Waals surface area contributed by atoms with E-state index in [2.05, 4.69) is 133 Å². The SMILES string of the molecule is c1ccc(-c2cccc(-c3nc(-c4ccccc4)nc(-c4ccc5c(c4)oc4c(-c6ccc(-c7ccccc7)c7oc8ccccc8c67)cccc45)n3)c2)cc1. The largest absolute Gasteiger partial charge is 0.455 e. The van der Waals surface area contributed by atoms with Crippen molar-refractivity contribution in [2.45, 2.75) is 0 Å². The van der Waals surface area contributed by atoms with Gasteiger partial charge < -0.3 is 8.83 Å². The van der Waals surface area contributed by atoms with Crippen LogP contribution in [-0.2, 0) is 0 Å². The molecule has 0 saturated heterocycles. The van der Waals surface area contributed by atoms with E-state index in [9.17, 15) is 0 Å². The number of benzene rings is 8. The van der Waals surface area contributed by atoms with Crippen LogP contribution in [0.4, 0.5) is 0 Å². The predicted molar refractivity (Wildman–Crippen MR) is 227 cm³/mol. The highest BCUT2D eigenvalue weighted by Gasteiger charge is 2.21. The van der Waals surface area contributed by atoms with Crippen molar-refractivity contribution in [3.63, 3.8) is 0 Å². The van der Waals surface area contributed by atoms with Gasteiger partial charge in [-0.3, -0.25) is 0 Å². The third-order valence-corrected chi connectivity index (χ3v) is 10.6. The van der Waals surface area contributed by atoms with Crippen molar-refractivity contribution in [1.29, 1.82) is 0 Å². The second-order valence-corrected chi connectivity index (χ2v) is 13.9. The molecule has 5 heteroatoms. The summed E-state index contributed by atoms with van der Waals surface area (Å²) in [5.74, 6) is 1.79. The minimum Gasteiger partial charge on any atom is -0.455 e. The van der Waals surface area contributed by atoms with Crippen molar-refractivity contribution >= 4 is 43.9 Å². The molecule has 0 radical (unpaired) electrons. The van der Waals surface area contributed by atoms with Gasteiger partial charge in [0.1, 0.15) is 22.3 Å². The van der Waals surface area contributed by atoms with Gasteiger partial charge in [0.2, 0.25) is 0 Å². The van der Waals surface area contributed by atoms with Crippen LogP contribution in [0.25, 0.3) is 111 Å². The van der Waals surface area contributed by atoms with Gasteiger partial charge >= 0.3 is 0 Å². The fourth-order valence-corrected chi connectivity index (χ4v) is 7.87. The smallest absolute Gasteiger partial charge is 0.164 e. The molecule has 3 aromatic heterocycles. The topological polar surface area (TPSA) is 65.0 Å². The van der Waals surface area contributed by atoms with Crippen LogP contribution in [0, 0.1) is 0 Å². The number of rotatable bonds is 6. The lowest BCUT2D eigenvalue weighted by molar-refractivity contribution is 0.669. The molecule has 0 N–H and O–H groups in total. The molecule has 262 valence electrons. The van der Waals surface area contributed by atoms with E-state index in [1.54, 1.807) is 0 Å². The zero-order valence-electron chi connectivity index (χ0n) is 30.1. The van der Waals surface area contributed by atoms with Crippen molar-refractivity contribution < 1.29 is 8.83 Å². The Hall–Kier alpha value is -7.63. The molecule has 56 heavy (non-hydrogen) atoms. The van der Waals surface area contributed by atoms with Crippen molar-refractivity contribution in [3.8, 4) is 67.5 Å². The van der Waals surface area contributed by atoms with Crippen LogP contribution >= 0.6 is 0 Å². The first-order chi connectivity index (χ1) is 27.7. The minimum absolute atomic E-state index is 0.574. The normalized spacial score (nSPS) is 11.6. The summed E-state index contributed by atoms with van der Waals surface area (Å²) in [6, 6.07) is 64.4. The number of fused-ring (bicyclic) bond motifs is 6. The van der Waals surface area contributed by atoms with E-state index in [-0.39, 0.29) is 0 Å². The lowest BCUT2D eigenvalue weighted by atomic mass is 9.94. The number of nitrogens with zero attached hydrogens (tertiary/aromatic N) is 3. The summed E-state index contributed by atoms with van der Waals surface area (Å²) in [6.07, 6.45) is 0. The van der Waals surface area contributed by atoms with Gasteiger partial charge in [-0.05, 0) is 52.6 Å². The molecular formula is C51H31N3O2. The molecule has 0 aliphatic heterocycles. The van der Waals surface area contributed by atoms with Gasteiger partial charge in [-0.2, -0.15) is 0 Å². The standard InChI is InChI=1S/C51H31N3O2/c1-4-14-32(15-5-1)35-20-12-21-36(30-35)50-52-49(34-18-8-3-9-19-34)53-51(54-50)37-26-27-39-41-23-13-24-42(47(41)56-45(39)31-37)40-29-28-38(33-16-6-2-7-17-33)48-46(40)43-22-10-11-25-44(43)55-48/h1-31H. The predicted octanol–water partition coefficient (Wildman–Crippen LogP) is 13.7. The molecule has 0 fully saturated rings. The Kier molecular flexibility index (Phi) is 7.42. The Balaban J connectivity index is 1.07. The quantitative estimate of drug-likeness (QED) is 0.171. The number of para-hydroxylation sites is 2. The molecule has 0 bridgehead atoms. The van der Waals surface area contributed by atoms with Crippen LogP contribution in [0.3, 0.4) is 0 Å². The molecule has 0 unspecified atom stereocenters. The van der Waals surface area contributed by atoms with Crippen LogP contribution in [0.2, 0.25) is 0 Å². The molecule has 5 nitrogen and oxygen atoms in total. The highest BCUT2D eigenvalue weighted by molar-refractivity contribution is 6.19. The maximum Gasteiger partial charge on any atom is 0.164 e. The Bertz CT molecular complexity index is 3240. The third-order valence-electron chi connectivity index (χ3n) is 10.6. The van der Waals surface area contributed by atoms with Gasteiger partial charge in [-0.1, -0.05) is 158 Å². The molecule has 8 aromatic carbocycles. The van der Waals surface area contributed by atoms with E-state index in [4.69, 9.17) is 23.8 Å². The highest BCUT2D eigenvalue weighted by atomic mass is 16.3. The van der Waals surface area contributed by atoms with E-state index in [0.29, 0.717) is 17.5 Å². The Morgan fingerprint density at radius 1 is 0.286 bits per heavy atom. The van der Waals surface area contributed by atoms with Crippen LogP contribution in [-0.4, -0.2) is 15.0 Å². The zero-order valence-corrected chi connectivity index (χ0v) is 30.1. The van der Waals surface area contributed by atoms with Gasteiger partial charge in [0.25, 0.3) is 0 Å². The molecule has 0 aliphatic rings. The lowest BCUT2D eigenvalue weighted by Crippen LogP contribution is -2.00. The summed E-state index contributed by atoms with van der Waals surface area (Å²) in [4.78, 5) is 15.1. The third kappa shape index (κ3) is 5.37. The van der Waals surface area contributed by atoms with Crippen molar-refractivity contribution in [2.24, 2.45) is 0 Å². The maximum atomic E-state index is 6.85. The molecule has 11 rings (SSSR count). The van der Waals surface area contributed by atoms with E-state index in [1.807, 2.05) is 54.6 Å². The van der Waals surface area contributed by atoms with Crippen molar-refractivity contribution in [3.05, 3.63) is 188 Å². The first-order valence-electron chi connectivity index (χ1n) is 18.7. The summed E-state index contributed by atoms with van der Waals surface area (Å²) < 4.78 is 13.4. The second kappa shape index (κ2) is 13.0. The summed E-state index contributed by atoms with van der Waals surface area (Å²) in [6.45, 7) is 0. The Morgan fingerprint density at radius 3 is 1.61 bits per heavy atom. The van der Waals surface area contributed by atoms with Gasteiger partial charge in [-0.25, -0.2) is 15.0 Å². The molecule has 0 atom stereocenters. The molecule has 0 amide bonds. The number of hydrogen-bond donors (Lipinski definition) is 0. The summed E-state index contributed by atoms with van der Waals surface area (Å²) in [5.41, 5.74) is 12.4. The second-order valence-electron chi connectivity index (χ2n) is 13.9. The average Bonchev–Trinajstić information content (AvgIpc) is 3.86. The first kappa shape index (κ1) is 31.9. The zero-order chi connectivity index (χ0) is 37.0. The van der Waals surface area contributed by atoms with E-state index >= 15 is 0 Å². The van der Waals surface area contributed by atoms with E-state index in [1.165, 1.54) is 0 Å². The summed E-state index contributed by atoms with van der Waals surface area (Å²) in [5, 5.41) is 4.20. The fraction of sp³-hybridized carbons (Fsp3) is 0. The summed E-state index contributed by atoms with van der Waals surface area (Å²) in [7, 11) is 0. The van der Waals surface area contributed by atoms with Crippen LogP contribution in [0.1, 0.15) is 0 Å². The molecule has 0 aliphatic carbocycles. The molecule has 3 heterocycles. The minimum atomic E-state index is 0.574. The average molecular weight is 718 g/mol. The van der Waals surface area contributed by atoms with Crippen LogP contribution in [0.5, 0.6) is 0 Å². The number of hydrogen-bond acceptors (Lipinski definition) is 5.